The van der Waals surface area contributed by atoms with Gasteiger partial charge in [0.25, 0.3) is 5.56 Å². The van der Waals surface area contributed by atoms with Gasteiger partial charge in [0, 0.05) is 23.8 Å². The number of hydrogen-bond donors (Lipinski definition) is 1. The van der Waals surface area contributed by atoms with Crippen molar-refractivity contribution >= 4 is 21.6 Å². The summed E-state index contributed by atoms with van der Waals surface area (Å²) in [6, 6.07) is 8.11. The molecule has 0 amide bonds. The third-order valence-electron chi connectivity index (χ3n) is 5.12. The van der Waals surface area contributed by atoms with E-state index in [0.717, 1.165) is 46.8 Å². The highest BCUT2D eigenvalue weighted by Gasteiger charge is 2.20. The molecule has 0 bridgehead atoms. The third kappa shape index (κ3) is 2.70. The van der Waals surface area contributed by atoms with Crippen molar-refractivity contribution < 1.29 is 0 Å². The van der Waals surface area contributed by atoms with Crippen molar-refractivity contribution in [1.29, 1.82) is 0 Å². The summed E-state index contributed by atoms with van der Waals surface area (Å²) >= 11 is 1.63. The van der Waals surface area contributed by atoms with Crippen molar-refractivity contribution in [3.8, 4) is 5.69 Å². The number of fused-ring (bicyclic) bond motifs is 3. The van der Waals surface area contributed by atoms with Gasteiger partial charge in [-0.3, -0.25) is 9.36 Å². The molecule has 136 valence electrons. The molecule has 4 aromatic rings. The lowest BCUT2D eigenvalue weighted by atomic mass is 10.1. The van der Waals surface area contributed by atoms with Crippen LogP contribution in [0.5, 0.6) is 0 Å². The number of rotatable bonds is 3. The molecule has 0 fully saturated rings. The van der Waals surface area contributed by atoms with Crippen molar-refractivity contribution in [3.63, 3.8) is 0 Å². The number of thiophene rings is 1. The van der Waals surface area contributed by atoms with E-state index in [4.69, 9.17) is 0 Å². The van der Waals surface area contributed by atoms with Crippen LogP contribution in [-0.2, 0) is 19.5 Å². The SMILES string of the molecule is Cc1nccn1-c1ccccc1Cn1cnc2sc3c(c2c1=O)CCNC3. The number of imidazole rings is 1. The Balaban J connectivity index is 1.61. The van der Waals surface area contributed by atoms with Crippen molar-refractivity contribution in [3.05, 3.63) is 75.2 Å². The zero-order chi connectivity index (χ0) is 18.4. The number of hydrogen-bond acceptors (Lipinski definition) is 5. The maximum Gasteiger partial charge on any atom is 0.262 e. The fourth-order valence-electron chi connectivity index (χ4n) is 3.76. The molecule has 5 rings (SSSR count). The summed E-state index contributed by atoms with van der Waals surface area (Å²) in [6.07, 6.45) is 6.30. The molecule has 6 nitrogen and oxygen atoms in total. The smallest absolute Gasteiger partial charge is 0.262 e. The number of benzene rings is 1. The molecule has 1 aromatic carbocycles. The van der Waals surface area contributed by atoms with E-state index in [1.54, 1.807) is 28.4 Å². The predicted octanol–water partition coefficient (Wildman–Crippen LogP) is 2.65. The van der Waals surface area contributed by atoms with Gasteiger partial charge in [0.05, 0.1) is 23.9 Å². The minimum atomic E-state index is 0.0524. The first-order chi connectivity index (χ1) is 13.2. The Labute approximate surface area is 160 Å². The first-order valence-electron chi connectivity index (χ1n) is 9.01. The molecule has 1 aliphatic heterocycles. The van der Waals surface area contributed by atoms with E-state index in [2.05, 4.69) is 27.4 Å². The fraction of sp³-hybridized carbons (Fsp3) is 0.250. The van der Waals surface area contributed by atoms with Crippen LogP contribution in [-0.4, -0.2) is 25.6 Å². The van der Waals surface area contributed by atoms with Crippen LogP contribution in [0.15, 0.2) is 47.8 Å². The Morgan fingerprint density at radius 1 is 1.26 bits per heavy atom. The van der Waals surface area contributed by atoms with Gasteiger partial charge in [0.1, 0.15) is 10.7 Å². The Morgan fingerprint density at radius 2 is 2.15 bits per heavy atom. The Kier molecular flexibility index (Phi) is 3.91. The number of nitrogens with zero attached hydrogens (tertiary/aromatic N) is 4. The van der Waals surface area contributed by atoms with Gasteiger partial charge in [0.2, 0.25) is 0 Å². The number of aryl methyl sites for hydroxylation is 1. The van der Waals surface area contributed by atoms with Crippen LogP contribution < -0.4 is 10.9 Å². The molecular formula is C20H19N5OS. The average Bonchev–Trinajstić information content (AvgIpc) is 3.28. The fourth-order valence-corrected chi connectivity index (χ4v) is 4.91. The van der Waals surface area contributed by atoms with E-state index >= 15 is 0 Å². The first kappa shape index (κ1) is 16.4. The molecule has 0 unspecified atom stereocenters. The molecule has 4 heterocycles. The Hall–Kier alpha value is -2.77. The van der Waals surface area contributed by atoms with E-state index in [1.165, 1.54) is 10.4 Å². The van der Waals surface area contributed by atoms with Crippen LogP contribution in [0.1, 0.15) is 21.8 Å². The molecule has 27 heavy (non-hydrogen) atoms. The second-order valence-electron chi connectivity index (χ2n) is 6.76. The molecule has 0 spiro atoms. The predicted molar refractivity (Wildman–Crippen MR) is 107 cm³/mol. The molecule has 0 radical (unpaired) electrons. The first-order valence-corrected chi connectivity index (χ1v) is 9.82. The molecule has 3 aromatic heterocycles. The molecule has 1 aliphatic rings. The van der Waals surface area contributed by atoms with Gasteiger partial charge in [-0.1, -0.05) is 18.2 Å². The van der Waals surface area contributed by atoms with E-state index in [-0.39, 0.29) is 5.56 Å². The third-order valence-corrected chi connectivity index (χ3v) is 6.26. The van der Waals surface area contributed by atoms with E-state index in [0.29, 0.717) is 6.54 Å². The summed E-state index contributed by atoms with van der Waals surface area (Å²) in [5.74, 6) is 0.919. The van der Waals surface area contributed by atoms with Gasteiger partial charge in [0.15, 0.2) is 0 Å². The van der Waals surface area contributed by atoms with E-state index in [1.807, 2.05) is 29.8 Å². The summed E-state index contributed by atoms with van der Waals surface area (Å²) in [7, 11) is 0. The average molecular weight is 377 g/mol. The summed E-state index contributed by atoms with van der Waals surface area (Å²) in [4.78, 5) is 24.2. The topological polar surface area (TPSA) is 64.7 Å². The molecule has 0 atom stereocenters. The molecule has 0 aliphatic carbocycles. The van der Waals surface area contributed by atoms with Gasteiger partial charge in [-0.2, -0.15) is 0 Å². The summed E-state index contributed by atoms with van der Waals surface area (Å²) in [5, 5.41) is 4.17. The van der Waals surface area contributed by atoms with Crippen LogP contribution in [0.3, 0.4) is 0 Å². The van der Waals surface area contributed by atoms with Crippen molar-refractivity contribution in [2.24, 2.45) is 0 Å². The van der Waals surface area contributed by atoms with E-state index < -0.39 is 0 Å². The lowest BCUT2D eigenvalue weighted by Gasteiger charge is -2.14. The highest BCUT2D eigenvalue weighted by atomic mass is 32.1. The highest BCUT2D eigenvalue weighted by Crippen LogP contribution is 2.29. The number of para-hydroxylation sites is 1. The van der Waals surface area contributed by atoms with E-state index in [9.17, 15) is 4.79 Å². The van der Waals surface area contributed by atoms with Crippen LogP contribution >= 0.6 is 11.3 Å². The molecule has 0 saturated heterocycles. The molecule has 0 saturated carbocycles. The van der Waals surface area contributed by atoms with Gasteiger partial charge in [-0.25, -0.2) is 9.97 Å². The standard InChI is InChI=1S/C20H19N5OS/c1-13-22-8-9-25(13)16-5-3-2-4-14(16)11-24-12-23-19-18(20(24)26)15-6-7-21-10-17(15)27-19/h2-5,8-9,12,21H,6-7,10-11H2,1H3. The maximum absolute atomic E-state index is 13.2. The van der Waals surface area contributed by atoms with Crippen molar-refractivity contribution in [2.45, 2.75) is 26.4 Å². The monoisotopic (exact) mass is 377 g/mol. The molecule has 7 heteroatoms. The Bertz CT molecular complexity index is 1200. The highest BCUT2D eigenvalue weighted by molar-refractivity contribution is 7.18. The van der Waals surface area contributed by atoms with Crippen LogP contribution in [0.4, 0.5) is 0 Å². The molecule has 1 N–H and O–H groups in total. The second-order valence-corrected chi connectivity index (χ2v) is 7.85. The largest absolute Gasteiger partial charge is 0.312 e. The van der Waals surface area contributed by atoms with Crippen LogP contribution in [0.25, 0.3) is 15.9 Å². The lowest BCUT2D eigenvalue weighted by molar-refractivity contribution is 0.656. The van der Waals surface area contributed by atoms with Gasteiger partial charge < -0.3 is 9.88 Å². The lowest BCUT2D eigenvalue weighted by Crippen LogP contribution is -2.25. The van der Waals surface area contributed by atoms with Crippen molar-refractivity contribution in [2.75, 3.05) is 6.54 Å². The summed E-state index contributed by atoms with van der Waals surface area (Å²) < 4.78 is 3.77. The maximum atomic E-state index is 13.2. The Morgan fingerprint density at radius 3 is 3.00 bits per heavy atom. The van der Waals surface area contributed by atoms with Gasteiger partial charge in [-0.05, 0) is 37.1 Å². The quantitative estimate of drug-likeness (QED) is 0.596. The van der Waals surface area contributed by atoms with Gasteiger partial charge in [-0.15, -0.1) is 11.3 Å². The van der Waals surface area contributed by atoms with Crippen LogP contribution in [0, 0.1) is 6.92 Å². The van der Waals surface area contributed by atoms with Crippen LogP contribution in [0.2, 0.25) is 0 Å². The zero-order valence-corrected chi connectivity index (χ0v) is 15.8. The second kappa shape index (κ2) is 6.44. The summed E-state index contributed by atoms with van der Waals surface area (Å²) in [6.45, 7) is 4.20. The molecular weight excluding hydrogens is 358 g/mol. The minimum Gasteiger partial charge on any atom is -0.312 e. The minimum absolute atomic E-state index is 0.0524. The van der Waals surface area contributed by atoms with Gasteiger partial charge >= 0.3 is 0 Å². The van der Waals surface area contributed by atoms with Crippen molar-refractivity contribution in [1.82, 2.24) is 24.4 Å². The normalized spacial score (nSPS) is 13.8. The summed E-state index contributed by atoms with van der Waals surface area (Å²) in [5.41, 5.74) is 3.33. The zero-order valence-electron chi connectivity index (χ0n) is 15.0. The number of aromatic nitrogens is 4. The number of nitrogens with one attached hydrogen (secondary N) is 1.